The van der Waals surface area contributed by atoms with E-state index in [0.29, 0.717) is 13.0 Å². The monoisotopic (exact) mass is 276 g/mol. The fourth-order valence-corrected chi connectivity index (χ4v) is 5.34. The van der Waals surface area contributed by atoms with E-state index in [1.165, 1.54) is 0 Å². The number of ether oxygens (including phenoxy) is 2. The fraction of sp³-hybridized carbons (Fsp3) is 0.750. The van der Waals surface area contributed by atoms with E-state index in [4.69, 9.17) is 9.47 Å². The second kappa shape index (κ2) is 3.66. The van der Waals surface area contributed by atoms with Crippen LogP contribution in [0.15, 0.2) is 11.6 Å². The van der Waals surface area contributed by atoms with Crippen LogP contribution >= 0.6 is 0 Å². The Morgan fingerprint density at radius 1 is 1.25 bits per heavy atom. The fourth-order valence-electron chi connectivity index (χ4n) is 5.34. The lowest BCUT2D eigenvalue weighted by molar-refractivity contribution is -0.152. The predicted molar refractivity (Wildman–Crippen MR) is 70.6 cm³/mol. The van der Waals surface area contributed by atoms with Gasteiger partial charge in [-0.2, -0.15) is 0 Å². The minimum Gasteiger partial charge on any atom is -0.461 e. The minimum atomic E-state index is -0.374. The number of fused-ring (bicyclic) bond motifs is 2. The Labute approximate surface area is 118 Å². The summed E-state index contributed by atoms with van der Waals surface area (Å²) >= 11 is 0. The lowest BCUT2D eigenvalue weighted by Crippen LogP contribution is -2.54. The molecular formula is C16H20O4. The lowest BCUT2D eigenvalue weighted by Gasteiger charge is -2.54. The van der Waals surface area contributed by atoms with E-state index in [1.807, 2.05) is 0 Å². The maximum absolute atomic E-state index is 12.3. The first kappa shape index (κ1) is 12.4. The molecule has 3 fully saturated rings. The van der Waals surface area contributed by atoms with Crippen molar-refractivity contribution in [2.24, 2.45) is 22.7 Å². The Hall–Kier alpha value is -1.32. The van der Waals surface area contributed by atoms with Crippen molar-refractivity contribution in [3.63, 3.8) is 0 Å². The summed E-state index contributed by atoms with van der Waals surface area (Å²) in [6.45, 7) is 4.67. The van der Waals surface area contributed by atoms with E-state index in [2.05, 4.69) is 19.9 Å². The zero-order chi connectivity index (χ0) is 14.1. The number of cyclic esters (lactones) is 1. The molecule has 0 aromatic rings. The summed E-state index contributed by atoms with van der Waals surface area (Å²) in [7, 11) is 0. The van der Waals surface area contributed by atoms with Gasteiger partial charge in [-0.25, -0.2) is 0 Å². The first-order valence-electron chi connectivity index (χ1n) is 7.52. The average molecular weight is 276 g/mol. The van der Waals surface area contributed by atoms with Gasteiger partial charge < -0.3 is 9.47 Å². The van der Waals surface area contributed by atoms with Gasteiger partial charge in [0.2, 0.25) is 0 Å². The highest BCUT2D eigenvalue weighted by atomic mass is 16.6. The van der Waals surface area contributed by atoms with Crippen LogP contribution in [0.3, 0.4) is 0 Å². The normalized spacial score (nSPS) is 49.7. The molecule has 2 heterocycles. The molecule has 0 radical (unpaired) electrons. The van der Waals surface area contributed by atoms with Crippen molar-refractivity contribution in [3.8, 4) is 0 Å². The van der Waals surface area contributed by atoms with E-state index in [1.54, 1.807) is 0 Å². The number of hydrogen-bond donors (Lipinski definition) is 0. The zero-order valence-electron chi connectivity index (χ0n) is 12.0. The van der Waals surface area contributed by atoms with Gasteiger partial charge in [-0.05, 0) is 42.7 Å². The summed E-state index contributed by atoms with van der Waals surface area (Å²) in [5.74, 6) is 0.264. The predicted octanol–water partition coefficient (Wildman–Crippen LogP) is 2.23. The second-order valence-electron chi connectivity index (χ2n) is 7.28. The Morgan fingerprint density at radius 2 is 2.05 bits per heavy atom. The quantitative estimate of drug-likeness (QED) is 0.503. The third kappa shape index (κ3) is 1.32. The van der Waals surface area contributed by atoms with Gasteiger partial charge in [-0.3, -0.25) is 9.59 Å². The van der Waals surface area contributed by atoms with Crippen molar-refractivity contribution >= 4 is 11.9 Å². The number of rotatable bonds is 0. The SMILES string of the molecule is C[C@@]12CCC[C@]3(C)C(=O)O[C@H](C=C4COC(=O)C[C@@H]41)[C@H]23. The van der Waals surface area contributed by atoms with E-state index >= 15 is 0 Å². The van der Waals surface area contributed by atoms with Crippen LogP contribution in [0.4, 0.5) is 0 Å². The Balaban J connectivity index is 1.85. The highest BCUT2D eigenvalue weighted by Gasteiger charge is 2.66. The summed E-state index contributed by atoms with van der Waals surface area (Å²) in [6, 6.07) is 0. The Kier molecular flexibility index (Phi) is 2.27. The van der Waals surface area contributed by atoms with Crippen molar-refractivity contribution in [1.82, 2.24) is 0 Å². The zero-order valence-corrected chi connectivity index (χ0v) is 12.0. The largest absolute Gasteiger partial charge is 0.461 e. The molecule has 2 saturated heterocycles. The Morgan fingerprint density at radius 3 is 2.85 bits per heavy atom. The molecule has 1 saturated carbocycles. The molecule has 0 amide bonds. The van der Waals surface area contributed by atoms with E-state index < -0.39 is 0 Å². The van der Waals surface area contributed by atoms with Gasteiger partial charge in [-0.1, -0.05) is 13.3 Å². The van der Waals surface area contributed by atoms with Gasteiger partial charge >= 0.3 is 11.9 Å². The third-order valence-corrected chi connectivity index (χ3v) is 6.24. The smallest absolute Gasteiger partial charge is 0.312 e. The van der Waals surface area contributed by atoms with Crippen LogP contribution in [0.1, 0.15) is 39.5 Å². The van der Waals surface area contributed by atoms with Crippen molar-refractivity contribution in [2.45, 2.75) is 45.6 Å². The van der Waals surface area contributed by atoms with Gasteiger partial charge in [-0.15, -0.1) is 0 Å². The molecule has 108 valence electrons. The molecule has 4 heteroatoms. The first-order chi connectivity index (χ1) is 9.45. The van der Waals surface area contributed by atoms with Crippen molar-refractivity contribution in [2.75, 3.05) is 6.61 Å². The van der Waals surface area contributed by atoms with Gasteiger partial charge in [0, 0.05) is 5.92 Å². The summed E-state index contributed by atoms with van der Waals surface area (Å²) in [6.07, 6.45) is 5.40. The number of carbonyl (C=O) groups excluding carboxylic acids is 2. The number of esters is 2. The average Bonchev–Trinajstić information content (AvgIpc) is 2.64. The van der Waals surface area contributed by atoms with E-state index in [0.717, 1.165) is 24.8 Å². The maximum Gasteiger partial charge on any atom is 0.312 e. The highest BCUT2D eigenvalue weighted by molar-refractivity contribution is 5.81. The third-order valence-electron chi connectivity index (χ3n) is 6.24. The number of carbonyl (C=O) groups is 2. The summed E-state index contributed by atoms with van der Waals surface area (Å²) < 4.78 is 10.9. The molecule has 4 nitrogen and oxygen atoms in total. The van der Waals surface area contributed by atoms with Gasteiger partial charge in [0.05, 0.1) is 11.8 Å². The molecule has 0 bridgehead atoms. The van der Waals surface area contributed by atoms with Crippen LogP contribution in [0.25, 0.3) is 0 Å². The van der Waals surface area contributed by atoms with Crippen LogP contribution < -0.4 is 0 Å². The maximum atomic E-state index is 12.3. The van der Waals surface area contributed by atoms with Crippen LogP contribution in [0.2, 0.25) is 0 Å². The minimum absolute atomic E-state index is 0.0205. The summed E-state index contributed by atoms with van der Waals surface area (Å²) in [5.41, 5.74) is 0.765. The molecule has 0 aromatic carbocycles. The molecule has 2 aliphatic heterocycles. The molecule has 20 heavy (non-hydrogen) atoms. The van der Waals surface area contributed by atoms with Gasteiger partial charge in [0.15, 0.2) is 0 Å². The molecule has 0 spiro atoms. The molecule has 0 aromatic heterocycles. The summed E-state index contributed by atoms with van der Waals surface area (Å²) in [4.78, 5) is 24.0. The standard InChI is InChI=1S/C16H20O4/c1-15-4-3-5-16(2)13(15)11(20-14(16)18)6-9-8-19-12(17)7-10(9)15/h6,10-11,13H,3-5,7-8H2,1-2H3/t10-,11+,13+,15+,16-/m0/s1. The lowest BCUT2D eigenvalue weighted by atomic mass is 9.48. The van der Waals surface area contributed by atoms with Crippen molar-refractivity contribution in [3.05, 3.63) is 11.6 Å². The second-order valence-corrected chi connectivity index (χ2v) is 7.28. The first-order valence-corrected chi connectivity index (χ1v) is 7.52. The van der Waals surface area contributed by atoms with Crippen LogP contribution in [0, 0.1) is 22.7 Å². The molecule has 2 aliphatic carbocycles. The molecule has 4 rings (SSSR count). The van der Waals surface area contributed by atoms with Gasteiger partial charge in [0.25, 0.3) is 0 Å². The van der Waals surface area contributed by atoms with Crippen molar-refractivity contribution in [1.29, 1.82) is 0 Å². The molecular weight excluding hydrogens is 256 g/mol. The highest BCUT2D eigenvalue weighted by Crippen LogP contribution is 2.64. The topological polar surface area (TPSA) is 52.6 Å². The van der Waals surface area contributed by atoms with Crippen LogP contribution in [0.5, 0.6) is 0 Å². The molecule has 4 aliphatic rings. The van der Waals surface area contributed by atoms with Crippen molar-refractivity contribution < 1.29 is 19.1 Å². The Bertz CT molecular complexity index is 537. The summed E-state index contributed by atoms with van der Waals surface area (Å²) in [5, 5.41) is 0. The van der Waals surface area contributed by atoms with Gasteiger partial charge in [0.1, 0.15) is 12.7 Å². The molecule has 0 N–H and O–H groups in total. The number of hydrogen-bond acceptors (Lipinski definition) is 4. The molecule has 5 atom stereocenters. The molecule has 0 unspecified atom stereocenters. The van der Waals surface area contributed by atoms with E-state index in [9.17, 15) is 9.59 Å². The van der Waals surface area contributed by atoms with E-state index in [-0.39, 0.29) is 40.7 Å². The van der Waals surface area contributed by atoms with Crippen LogP contribution in [-0.4, -0.2) is 24.6 Å². The van der Waals surface area contributed by atoms with Crippen LogP contribution in [-0.2, 0) is 19.1 Å².